The maximum Gasteiger partial charge on any atom is 0.231 e. The highest BCUT2D eigenvalue weighted by Crippen LogP contribution is 2.27. The van der Waals surface area contributed by atoms with Crippen LogP contribution in [0.5, 0.6) is 0 Å². The van der Waals surface area contributed by atoms with Gasteiger partial charge in [0.05, 0.1) is 11.8 Å². The zero-order valence-electron chi connectivity index (χ0n) is 11.9. The molecular weight excluding hydrogens is 351 g/mol. The van der Waals surface area contributed by atoms with Gasteiger partial charge in [-0.3, -0.25) is 4.79 Å². The molecule has 0 aliphatic rings. The van der Waals surface area contributed by atoms with Crippen molar-refractivity contribution in [2.24, 2.45) is 0 Å². The van der Waals surface area contributed by atoms with Gasteiger partial charge in [0.25, 0.3) is 0 Å². The minimum atomic E-state index is -0.288. The summed E-state index contributed by atoms with van der Waals surface area (Å²) in [4.78, 5) is 17.4. The van der Waals surface area contributed by atoms with E-state index in [1.807, 2.05) is 22.9 Å². The number of amides is 1. The Hall–Kier alpha value is -1.70. The molecule has 0 aliphatic carbocycles. The molecule has 3 nitrogen and oxygen atoms in total. The SMILES string of the molecule is O=C(CSc1nccs1)N[C@H](c1ccc(F)cc1)c1cccs1. The number of carbonyl (C=O) groups excluding carboxylic acids is 1. The molecule has 0 fully saturated rings. The molecule has 0 saturated carbocycles. The number of carbonyl (C=O) groups is 1. The molecule has 7 heteroatoms. The van der Waals surface area contributed by atoms with E-state index in [-0.39, 0.29) is 17.8 Å². The quantitative estimate of drug-likeness (QED) is 0.662. The van der Waals surface area contributed by atoms with Crippen LogP contribution in [0.25, 0.3) is 0 Å². The summed E-state index contributed by atoms with van der Waals surface area (Å²) >= 11 is 4.48. The summed E-state index contributed by atoms with van der Waals surface area (Å²) in [5, 5.41) is 6.87. The number of thiazole rings is 1. The van der Waals surface area contributed by atoms with Gasteiger partial charge in [-0.25, -0.2) is 9.37 Å². The van der Waals surface area contributed by atoms with E-state index < -0.39 is 0 Å². The third kappa shape index (κ3) is 4.40. The van der Waals surface area contributed by atoms with Crippen LogP contribution in [0.1, 0.15) is 16.5 Å². The maximum atomic E-state index is 13.1. The molecule has 0 unspecified atom stereocenters. The number of nitrogens with zero attached hydrogens (tertiary/aromatic N) is 1. The molecule has 118 valence electrons. The van der Waals surface area contributed by atoms with E-state index in [0.717, 1.165) is 14.8 Å². The highest BCUT2D eigenvalue weighted by atomic mass is 32.2. The lowest BCUT2D eigenvalue weighted by Crippen LogP contribution is -2.30. The highest BCUT2D eigenvalue weighted by molar-refractivity contribution is 8.01. The number of nitrogens with one attached hydrogen (secondary N) is 1. The van der Waals surface area contributed by atoms with Crippen molar-refractivity contribution in [2.45, 2.75) is 10.4 Å². The van der Waals surface area contributed by atoms with E-state index in [1.54, 1.807) is 29.7 Å². The molecule has 0 bridgehead atoms. The van der Waals surface area contributed by atoms with Gasteiger partial charge in [-0.1, -0.05) is 30.0 Å². The van der Waals surface area contributed by atoms with Crippen LogP contribution in [0.3, 0.4) is 0 Å². The van der Waals surface area contributed by atoms with Gasteiger partial charge in [0.2, 0.25) is 5.91 Å². The number of aromatic nitrogens is 1. The maximum absolute atomic E-state index is 13.1. The summed E-state index contributed by atoms with van der Waals surface area (Å²) in [5.74, 6) is -0.0615. The van der Waals surface area contributed by atoms with Crippen LogP contribution in [0.2, 0.25) is 0 Å². The van der Waals surface area contributed by atoms with E-state index in [9.17, 15) is 9.18 Å². The van der Waals surface area contributed by atoms with Gasteiger partial charge in [0, 0.05) is 16.5 Å². The van der Waals surface area contributed by atoms with Crippen molar-refractivity contribution in [3.8, 4) is 0 Å². The number of hydrogen-bond donors (Lipinski definition) is 1. The van der Waals surface area contributed by atoms with Crippen LogP contribution >= 0.6 is 34.4 Å². The summed E-state index contributed by atoms with van der Waals surface area (Å²) in [6.45, 7) is 0. The Labute approximate surface area is 145 Å². The zero-order chi connectivity index (χ0) is 16.1. The summed E-state index contributed by atoms with van der Waals surface area (Å²) in [6.07, 6.45) is 1.72. The first-order chi connectivity index (χ1) is 11.2. The van der Waals surface area contributed by atoms with Gasteiger partial charge in [-0.15, -0.1) is 22.7 Å². The van der Waals surface area contributed by atoms with E-state index in [4.69, 9.17) is 0 Å². The fraction of sp³-hybridized carbons (Fsp3) is 0.125. The number of halogens is 1. The lowest BCUT2D eigenvalue weighted by Gasteiger charge is -2.18. The summed E-state index contributed by atoms with van der Waals surface area (Å²) in [7, 11) is 0. The number of benzene rings is 1. The molecular formula is C16H13FN2OS3. The lowest BCUT2D eigenvalue weighted by atomic mass is 10.1. The molecule has 2 aromatic heterocycles. The van der Waals surface area contributed by atoms with Crippen molar-refractivity contribution >= 4 is 40.3 Å². The van der Waals surface area contributed by atoms with Gasteiger partial charge in [-0.2, -0.15) is 0 Å². The largest absolute Gasteiger partial charge is 0.344 e. The monoisotopic (exact) mass is 364 g/mol. The summed E-state index contributed by atoms with van der Waals surface area (Å²) in [6, 6.07) is 9.86. The van der Waals surface area contributed by atoms with Crippen molar-refractivity contribution in [1.82, 2.24) is 10.3 Å². The average molecular weight is 364 g/mol. The Morgan fingerprint density at radius 3 is 2.70 bits per heavy atom. The summed E-state index contributed by atoms with van der Waals surface area (Å²) in [5.41, 5.74) is 0.862. The van der Waals surface area contributed by atoms with Crippen LogP contribution in [-0.4, -0.2) is 16.6 Å². The second-order valence-electron chi connectivity index (χ2n) is 4.65. The third-order valence-electron chi connectivity index (χ3n) is 3.07. The van der Waals surface area contributed by atoms with Crippen molar-refractivity contribution in [2.75, 3.05) is 5.75 Å². The van der Waals surface area contributed by atoms with Crippen LogP contribution < -0.4 is 5.32 Å². The number of rotatable bonds is 6. The molecule has 1 aromatic carbocycles. The molecule has 2 heterocycles. The number of thiophene rings is 1. The predicted octanol–water partition coefficient (Wildman–Crippen LogP) is 4.34. The Balaban J connectivity index is 1.71. The normalized spacial score (nSPS) is 12.0. The van der Waals surface area contributed by atoms with Gasteiger partial charge in [0.1, 0.15) is 10.2 Å². The highest BCUT2D eigenvalue weighted by Gasteiger charge is 2.18. The first kappa shape index (κ1) is 16.2. The van der Waals surface area contributed by atoms with Crippen LogP contribution in [0, 0.1) is 5.82 Å². The van der Waals surface area contributed by atoms with E-state index >= 15 is 0 Å². The molecule has 0 spiro atoms. The first-order valence-electron chi connectivity index (χ1n) is 6.83. The van der Waals surface area contributed by atoms with Crippen molar-refractivity contribution in [3.05, 3.63) is 69.6 Å². The molecule has 3 aromatic rings. The van der Waals surface area contributed by atoms with E-state index in [0.29, 0.717) is 5.75 Å². The molecule has 1 atom stereocenters. The second-order valence-corrected chi connectivity index (χ2v) is 7.75. The lowest BCUT2D eigenvalue weighted by molar-refractivity contribution is -0.119. The van der Waals surface area contributed by atoms with E-state index in [1.165, 1.54) is 35.2 Å². The molecule has 0 saturated heterocycles. The topological polar surface area (TPSA) is 42.0 Å². The third-order valence-corrected chi connectivity index (χ3v) is 5.98. The number of hydrogen-bond acceptors (Lipinski definition) is 5. The molecule has 23 heavy (non-hydrogen) atoms. The van der Waals surface area contributed by atoms with Crippen LogP contribution in [0.15, 0.2) is 57.7 Å². The Bertz CT molecular complexity index is 742. The minimum absolute atomic E-state index is 0.0760. The smallest absolute Gasteiger partial charge is 0.231 e. The van der Waals surface area contributed by atoms with Gasteiger partial charge in [0.15, 0.2) is 0 Å². The van der Waals surface area contributed by atoms with Gasteiger partial charge < -0.3 is 5.32 Å². The number of thioether (sulfide) groups is 1. The zero-order valence-corrected chi connectivity index (χ0v) is 14.4. The summed E-state index contributed by atoms with van der Waals surface area (Å²) < 4.78 is 14.0. The Kier molecular flexibility index (Phi) is 5.43. The fourth-order valence-corrected chi connectivity index (χ4v) is 4.29. The Morgan fingerprint density at radius 1 is 1.22 bits per heavy atom. The van der Waals surface area contributed by atoms with Crippen LogP contribution in [-0.2, 0) is 4.79 Å². The molecule has 0 aliphatic heterocycles. The van der Waals surface area contributed by atoms with Crippen molar-refractivity contribution in [3.63, 3.8) is 0 Å². The molecule has 1 amide bonds. The van der Waals surface area contributed by atoms with Gasteiger partial charge >= 0.3 is 0 Å². The van der Waals surface area contributed by atoms with Crippen LogP contribution in [0.4, 0.5) is 4.39 Å². The first-order valence-corrected chi connectivity index (χ1v) is 9.57. The average Bonchev–Trinajstić information content (AvgIpc) is 3.25. The molecule has 0 radical (unpaired) electrons. The molecule has 3 rings (SSSR count). The fourth-order valence-electron chi connectivity index (χ4n) is 2.04. The van der Waals surface area contributed by atoms with Gasteiger partial charge in [-0.05, 0) is 29.1 Å². The van der Waals surface area contributed by atoms with Crippen molar-refractivity contribution in [1.29, 1.82) is 0 Å². The Morgan fingerprint density at radius 2 is 2.04 bits per heavy atom. The molecule has 1 N–H and O–H groups in total. The standard InChI is InChI=1S/C16H13FN2OS3/c17-12-5-3-11(4-6-12)15(13-2-1-8-21-13)19-14(20)10-23-16-18-7-9-22-16/h1-9,15H,10H2,(H,19,20)/t15-/m1/s1. The van der Waals surface area contributed by atoms with Crippen molar-refractivity contribution < 1.29 is 9.18 Å². The van der Waals surface area contributed by atoms with E-state index in [2.05, 4.69) is 10.3 Å². The minimum Gasteiger partial charge on any atom is -0.344 e. The predicted molar refractivity (Wildman–Crippen MR) is 93.5 cm³/mol. The second kappa shape index (κ2) is 7.72.